The van der Waals surface area contributed by atoms with Crippen molar-refractivity contribution in [1.29, 1.82) is 0 Å². The van der Waals surface area contributed by atoms with Gasteiger partial charge in [-0.05, 0) is 12.5 Å². The molecule has 5 nitrogen and oxygen atoms in total. The minimum atomic E-state index is -3.27. The van der Waals surface area contributed by atoms with E-state index in [4.69, 9.17) is 0 Å². The lowest BCUT2D eigenvalue weighted by molar-refractivity contribution is 0.586. The molecule has 0 aliphatic rings. The molecule has 0 spiro atoms. The van der Waals surface area contributed by atoms with E-state index in [9.17, 15) is 8.42 Å². The summed E-state index contributed by atoms with van der Waals surface area (Å²) in [5.74, 6) is 0.157. The van der Waals surface area contributed by atoms with Gasteiger partial charge in [-0.25, -0.2) is 17.9 Å². The van der Waals surface area contributed by atoms with Crippen LogP contribution in [0.25, 0.3) is 5.65 Å². The SMILES string of the molecule is CCCCCS(=O)(=O)c1cc2ncccn2n1. The number of rotatable bonds is 5. The monoisotopic (exact) mass is 253 g/mol. The first kappa shape index (κ1) is 12.0. The molecule has 0 fully saturated rings. The summed E-state index contributed by atoms with van der Waals surface area (Å²) in [5.41, 5.74) is 0.557. The van der Waals surface area contributed by atoms with E-state index in [1.807, 2.05) is 6.92 Å². The van der Waals surface area contributed by atoms with Gasteiger partial charge in [0, 0.05) is 18.5 Å². The highest BCUT2D eigenvalue weighted by Crippen LogP contribution is 2.13. The second-order valence-corrected chi connectivity index (χ2v) is 5.99. The molecule has 0 aliphatic heterocycles. The standard InChI is InChI=1S/C11H15N3O2S/c1-2-3-4-8-17(15,16)11-9-10-12-6-5-7-14(10)13-11/h5-7,9H,2-4,8H2,1H3. The maximum Gasteiger partial charge on any atom is 0.197 e. The summed E-state index contributed by atoms with van der Waals surface area (Å²) >= 11 is 0. The lowest BCUT2D eigenvalue weighted by atomic mass is 10.3. The first-order valence-corrected chi connectivity index (χ1v) is 7.32. The number of unbranched alkanes of at least 4 members (excludes halogenated alkanes) is 2. The van der Waals surface area contributed by atoms with Crippen molar-refractivity contribution in [3.05, 3.63) is 24.5 Å². The van der Waals surface area contributed by atoms with Gasteiger partial charge in [0.1, 0.15) is 0 Å². The van der Waals surface area contributed by atoms with Gasteiger partial charge in [0.05, 0.1) is 5.75 Å². The Hall–Kier alpha value is -1.43. The third kappa shape index (κ3) is 2.63. The second kappa shape index (κ2) is 4.83. The van der Waals surface area contributed by atoms with E-state index >= 15 is 0 Å². The van der Waals surface area contributed by atoms with Gasteiger partial charge in [-0.15, -0.1) is 0 Å². The third-order valence-electron chi connectivity index (χ3n) is 2.55. The predicted octanol–water partition coefficient (Wildman–Crippen LogP) is 1.69. The van der Waals surface area contributed by atoms with Gasteiger partial charge in [-0.1, -0.05) is 19.8 Å². The van der Waals surface area contributed by atoms with Gasteiger partial charge in [0.15, 0.2) is 20.5 Å². The molecule has 0 bridgehead atoms. The van der Waals surface area contributed by atoms with Crippen LogP contribution in [0.5, 0.6) is 0 Å². The van der Waals surface area contributed by atoms with Gasteiger partial charge in [0.25, 0.3) is 0 Å². The molecular formula is C11H15N3O2S. The minimum Gasteiger partial charge on any atom is -0.237 e. The minimum absolute atomic E-state index is 0.118. The maximum absolute atomic E-state index is 12.0. The molecule has 2 aromatic rings. The van der Waals surface area contributed by atoms with Gasteiger partial charge in [-0.2, -0.15) is 5.10 Å². The van der Waals surface area contributed by atoms with Crippen LogP contribution in [0, 0.1) is 0 Å². The van der Waals surface area contributed by atoms with E-state index in [0.717, 1.165) is 12.8 Å². The Morgan fingerprint density at radius 2 is 2.18 bits per heavy atom. The van der Waals surface area contributed by atoms with Gasteiger partial charge in [-0.3, -0.25) is 0 Å². The fourth-order valence-electron chi connectivity index (χ4n) is 1.61. The summed E-state index contributed by atoms with van der Waals surface area (Å²) in [6.45, 7) is 2.04. The Kier molecular flexibility index (Phi) is 3.42. The quantitative estimate of drug-likeness (QED) is 0.761. The van der Waals surface area contributed by atoms with Crippen molar-refractivity contribution in [2.75, 3.05) is 5.75 Å². The Bertz CT molecular complexity index is 571. The van der Waals surface area contributed by atoms with E-state index < -0.39 is 9.84 Å². The molecule has 92 valence electrons. The van der Waals surface area contributed by atoms with E-state index in [2.05, 4.69) is 10.1 Å². The van der Waals surface area contributed by atoms with E-state index in [1.165, 1.54) is 10.6 Å². The summed E-state index contributed by atoms with van der Waals surface area (Å²) in [4.78, 5) is 4.05. The molecule has 0 unspecified atom stereocenters. The van der Waals surface area contributed by atoms with Crippen LogP contribution in [-0.4, -0.2) is 28.8 Å². The maximum atomic E-state index is 12.0. The van der Waals surface area contributed by atoms with Crippen molar-refractivity contribution in [2.45, 2.75) is 31.2 Å². The van der Waals surface area contributed by atoms with E-state index in [1.54, 1.807) is 18.5 Å². The summed E-state index contributed by atoms with van der Waals surface area (Å²) in [7, 11) is -3.27. The Morgan fingerprint density at radius 1 is 1.35 bits per heavy atom. The zero-order valence-corrected chi connectivity index (χ0v) is 10.5. The van der Waals surface area contributed by atoms with Crippen LogP contribution in [0.1, 0.15) is 26.2 Å². The van der Waals surface area contributed by atoms with Crippen molar-refractivity contribution in [3.63, 3.8) is 0 Å². The van der Waals surface area contributed by atoms with Gasteiger partial charge >= 0.3 is 0 Å². The Labute approximate surface area is 100 Å². The summed E-state index contributed by atoms with van der Waals surface area (Å²) in [6, 6.07) is 3.23. The number of hydrogen-bond donors (Lipinski definition) is 0. The van der Waals surface area contributed by atoms with Crippen LogP contribution in [-0.2, 0) is 9.84 Å². The highest BCUT2D eigenvalue weighted by atomic mass is 32.2. The fraction of sp³-hybridized carbons (Fsp3) is 0.455. The molecule has 0 radical (unpaired) electrons. The largest absolute Gasteiger partial charge is 0.237 e. The van der Waals surface area contributed by atoms with Crippen molar-refractivity contribution in [1.82, 2.24) is 14.6 Å². The van der Waals surface area contributed by atoms with Crippen molar-refractivity contribution in [2.24, 2.45) is 0 Å². The summed E-state index contributed by atoms with van der Waals surface area (Å²) < 4.78 is 25.4. The topological polar surface area (TPSA) is 64.3 Å². The number of aromatic nitrogens is 3. The number of nitrogens with zero attached hydrogens (tertiary/aromatic N) is 3. The molecule has 2 aromatic heterocycles. The molecule has 0 aromatic carbocycles. The zero-order chi connectivity index (χ0) is 12.3. The molecule has 0 atom stereocenters. The molecule has 0 aliphatic carbocycles. The van der Waals surface area contributed by atoms with Crippen LogP contribution in [0.15, 0.2) is 29.6 Å². The van der Waals surface area contributed by atoms with Crippen molar-refractivity contribution >= 4 is 15.5 Å². The molecule has 2 heterocycles. The highest BCUT2D eigenvalue weighted by Gasteiger charge is 2.18. The smallest absolute Gasteiger partial charge is 0.197 e. The molecule has 0 saturated carbocycles. The van der Waals surface area contributed by atoms with E-state index in [-0.39, 0.29) is 10.8 Å². The fourth-order valence-corrected chi connectivity index (χ4v) is 2.90. The molecule has 0 N–H and O–H groups in total. The number of hydrogen-bond acceptors (Lipinski definition) is 4. The second-order valence-electron chi connectivity index (χ2n) is 3.93. The molecule has 17 heavy (non-hydrogen) atoms. The van der Waals surface area contributed by atoms with Crippen LogP contribution in [0.4, 0.5) is 0 Å². The number of fused-ring (bicyclic) bond motifs is 1. The zero-order valence-electron chi connectivity index (χ0n) is 9.70. The molecule has 0 saturated heterocycles. The average molecular weight is 253 g/mol. The normalized spacial score (nSPS) is 12.1. The first-order chi connectivity index (χ1) is 8.13. The Morgan fingerprint density at radius 3 is 2.88 bits per heavy atom. The number of sulfone groups is 1. The van der Waals surface area contributed by atoms with Crippen molar-refractivity contribution in [3.8, 4) is 0 Å². The molecule has 2 rings (SSSR count). The summed E-state index contributed by atoms with van der Waals surface area (Å²) in [6.07, 6.45) is 5.91. The van der Waals surface area contributed by atoms with Crippen molar-refractivity contribution < 1.29 is 8.42 Å². The molecule has 0 amide bonds. The van der Waals surface area contributed by atoms with E-state index in [0.29, 0.717) is 12.1 Å². The highest BCUT2D eigenvalue weighted by molar-refractivity contribution is 7.91. The lowest BCUT2D eigenvalue weighted by Crippen LogP contribution is -2.07. The summed E-state index contributed by atoms with van der Waals surface area (Å²) in [5, 5.41) is 4.15. The van der Waals surface area contributed by atoms with Crippen LogP contribution < -0.4 is 0 Å². The predicted molar refractivity (Wildman–Crippen MR) is 64.6 cm³/mol. The van der Waals surface area contributed by atoms with Crippen LogP contribution in [0.2, 0.25) is 0 Å². The van der Waals surface area contributed by atoms with Gasteiger partial charge < -0.3 is 0 Å². The third-order valence-corrected chi connectivity index (χ3v) is 4.21. The average Bonchev–Trinajstić information content (AvgIpc) is 2.73. The van der Waals surface area contributed by atoms with Gasteiger partial charge in [0.2, 0.25) is 0 Å². The van der Waals surface area contributed by atoms with Crippen LogP contribution >= 0.6 is 0 Å². The lowest BCUT2D eigenvalue weighted by Gasteiger charge is -1.98. The first-order valence-electron chi connectivity index (χ1n) is 5.66. The molecular weight excluding hydrogens is 238 g/mol. The van der Waals surface area contributed by atoms with Crippen LogP contribution in [0.3, 0.4) is 0 Å². The molecule has 6 heteroatoms. The Balaban J connectivity index is 2.26.